The molecule has 0 N–H and O–H groups in total. The summed E-state index contributed by atoms with van der Waals surface area (Å²) >= 11 is -1.57. The fourth-order valence-corrected chi connectivity index (χ4v) is 2.91. The first-order valence-electron chi connectivity index (χ1n) is 6.67. The molecule has 0 fully saturated rings. The Labute approximate surface area is 105 Å². The molecule has 0 aliphatic rings. The maximum atomic E-state index is 3.74. The van der Waals surface area contributed by atoms with Crippen molar-refractivity contribution in [3.63, 3.8) is 0 Å². The van der Waals surface area contributed by atoms with Gasteiger partial charge in [-0.1, -0.05) is 0 Å². The van der Waals surface area contributed by atoms with Crippen LogP contribution in [0.3, 0.4) is 0 Å². The van der Waals surface area contributed by atoms with Gasteiger partial charge in [-0.3, -0.25) is 0 Å². The van der Waals surface area contributed by atoms with Crippen LogP contribution in [-0.4, -0.2) is 13.3 Å². The molecule has 0 atom stereocenters. The number of hydrogen-bond acceptors (Lipinski definition) is 0. The molecule has 0 bridgehead atoms. The molecule has 1 heteroatoms. The first kappa shape index (κ1) is 15.8. The summed E-state index contributed by atoms with van der Waals surface area (Å²) in [5, 5.41) is 0. The van der Waals surface area contributed by atoms with Gasteiger partial charge in [0.25, 0.3) is 0 Å². The zero-order chi connectivity index (χ0) is 12.3. The molecule has 0 aromatic carbocycles. The summed E-state index contributed by atoms with van der Waals surface area (Å²) in [4.78, 5) is 0. The van der Waals surface area contributed by atoms with E-state index in [1.807, 2.05) is 6.08 Å². The van der Waals surface area contributed by atoms with Crippen molar-refractivity contribution < 1.29 is 0 Å². The number of allylic oxidation sites excluding steroid dienone is 1. The molecule has 0 heterocycles. The molecule has 0 spiro atoms. The topological polar surface area (TPSA) is 0 Å². The van der Waals surface area contributed by atoms with E-state index in [4.69, 9.17) is 0 Å². The molecular formula is C15H28Ge. The first-order valence-corrected chi connectivity index (χ1v) is 14.0. The van der Waals surface area contributed by atoms with E-state index in [2.05, 4.69) is 34.5 Å². The van der Waals surface area contributed by atoms with Crippen molar-refractivity contribution in [3.05, 3.63) is 12.7 Å². The molecule has 0 aromatic rings. The quantitative estimate of drug-likeness (QED) is 0.249. The van der Waals surface area contributed by atoms with Gasteiger partial charge in [-0.05, 0) is 0 Å². The monoisotopic (exact) mass is 282 g/mol. The van der Waals surface area contributed by atoms with Crippen molar-refractivity contribution in [1.82, 2.24) is 0 Å². The van der Waals surface area contributed by atoms with E-state index >= 15 is 0 Å². The normalized spacial score (nSPS) is 10.7. The van der Waals surface area contributed by atoms with Crippen molar-refractivity contribution in [1.29, 1.82) is 0 Å². The fraction of sp³-hybridized carbons (Fsp3) is 0.733. The Morgan fingerprint density at radius 3 is 2.06 bits per heavy atom. The number of unbranched alkanes of at least 4 members (excludes halogenated alkanes) is 7. The molecule has 92 valence electrons. The van der Waals surface area contributed by atoms with Crippen LogP contribution in [0.4, 0.5) is 0 Å². The molecule has 0 saturated heterocycles. The molecule has 0 aliphatic heterocycles. The van der Waals surface area contributed by atoms with Crippen LogP contribution in [0.25, 0.3) is 0 Å². The molecule has 0 rings (SSSR count). The molecule has 0 saturated carbocycles. The van der Waals surface area contributed by atoms with Crippen LogP contribution in [0.2, 0.25) is 17.3 Å². The Morgan fingerprint density at radius 1 is 0.938 bits per heavy atom. The summed E-state index contributed by atoms with van der Waals surface area (Å²) in [6, 6.07) is 0. The summed E-state index contributed by atoms with van der Waals surface area (Å²) in [7, 11) is 0. The zero-order valence-electron chi connectivity index (χ0n) is 11.4. The summed E-state index contributed by atoms with van der Waals surface area (Å²) in [5.74, 6) is 10.4. The second kappa shape index (κ2) is 10.0. The SMILES string of the molecule is C=CCCCCCCCCC#[C][Ge]([CH3])([CH3])[CH3]. The van der Waals surface area contributed by atoms with Gasteiger partial charge < -0.3 is 0 Å². The average Bonchev–Trinajstić information content (AvgIpc) is 2.19. The Hall–Kier alpha value is -0.157. The Morgan fingerprint density at radius 2 is 1.50 bits per heavy atom. The summed E-state index contributed by atoms with van der Waals surface area (Å²) < 4.78 is 3.47. The molecule has 0 nitrogen and oxygen atoms in total. The number of rotatable bonds is 8. The van der Waals surface area contributed by atoms with Crippen LogP contribution in [0, 0.1) is 10.7 Å². The minimum atomic E-state index is -1.57. The third-order valence-electron chi connectivity index (χ3n) is 2.42. The molecule has 0 radical (unpaired) electrons. The van der Waals surface area contributed by atoms with E-state index in [0.29, 0.717) is 0 Å². The predicted molar refractivity (Wildman–Crippen MR) is 78.3 cm³/mol. The predicted octanol–water partition coefficient (Wildman–Crippen LogP) is 5.17. The molecular weight excluding hydrogens is 253 g/mol. The number of hydrogen-bond donors (Lipinski definition) is 0. The van der Waals surface area contributed by atoms with Gasteiger partial charge in [-0.2, -0.15) is 0 Å². The van der Waals surface area contributed by atoms with E-state index in [0.717, 1.165) is 6.42 Å². The van der Waals surface area contributed by atoms with Crippen LogP contribution in [0.15, 0.2) is 12.7 Å². The van der Waals surface area contributed by atoms with Crippen molar-refractivity contribution in [2.75, 3.05) is 0 Å². The van der Waals surface area contributed by atoms with Gasteiger partial charge in [0.05, 0.1) is 0 Å². The molecule has 0 unspecified atom stereocenters. The maximum absolute atomic E-state index is 3.74. The van der Waals surface area contributed by atoms with E-state index < -0.39 is 13.3 Å². The van der Waals surface area contributed by atoms with Gasteiger partial charge in [-0.25, -0.2) is 0 Å². The standard InChI is InChI=1S/C15H28Ge/c1-5-6-7-8-9-10-11-12-13-14-15-16(2,3)4/h5H,1,6-13H2,2-4H3. The average molecular weight is 281 g/mol. The first-order chi connectivity index (χ1) is 7.56. The fourth-order valence-electron chi connectivity index (χ4n) is 1.54. The van der Waals surface area contributed by atoms with E-state index in [9.17, 15) is 0 Å². The van der Waals surface area contributed by atoms with Crippen molar-refractivity contribution in [2.45, 2.75) is 68.6 Å². The van der Waals surface area contributed by atoms with E-state index in [-0.39, 0.29) is 0 Å². The second-order valence-electron chi connectivity index (χ2n) is 5.50. The van der Waals surface area contributed by atoms with Gasteiger partial charge in [0.1, 0.15) is 0 Å². The summed E-state index contributed by atoms with van der Waals surface area (Å²) in [6.07, 6.45) is 12.4. The van der Waals surface area contributed by atoms with E-state index in [1.165, 1.54) is 44.9 Å². The van der Waals surface area contributed by atoms with Gasteiger partial charge >= 0.3 is 105 Å². The van der Waals surface area contributed by atoms with Crippen LogP contribution < -0.4 is 0 Å². The van der Waals surface area contributed by atoms with Crippen molar-refractivity contribution >= 4 is 13.3 Å². The molecule has 0 amide bonds. The van der Waals surface area contributed by atoms with Gasteiger partial charge in [0.2, 0.25) is 0 Å². The Bertz CT molecular complexity index is 224. The third kappa shape index (κ3) is 13.8. The van der Waals surface area contributed by atoms with Crippen LogP contribution in [-0.2, 0) is 0 Å². The third-order valence-corrected chi connectivity index (χ3v) is 4.37. The second-order valence-corrected chi connectivity index (χ2v) is 15.5. The minimum absolute atomic E-state index is 1.12. The van der Waals surface area contributed by atoms with E-state index in [1.54, 1.807) is 0 Å². The van der Waals surface area contributed by atoms with Gasteiger partial charge in [-0.15, -0.1) is 0 Å². The Kier molecular flexibility index (Phi) is 9.93. The van der Waals surface area contributed by atoms with Crippen LogP contribution in [0.5, 0.6) is 0 Å². The Balaban J connectivity index is 3.21. The molecule has 0 aliphatic carbocycles. The molecule has 0 aromatic heterocycles. The van der Waals surface area contributed by atoms with Crippen LogP contribution in [0.1, 0.15) is 51.4 Å². The zero-order valence-corrected chi connectivity index (χ0v) is 13.5. The van der Waals surface area contributed by atoms with Crippen molar-refractivity contribution in [3.8, 4) is 10.7 Å². The summed E-state index contributed by atoms with van der Waals surface area (Å²) in [6.45, 7) is 3.74. The van der Waals surface area contributed by atoms with Crippen molar-refractivity contribution in [2.24, 2.45) is 0 Å². The van der Waals surface area contributed by atoms with Gasteiger partial charge in [0.15, 0.2) is 0 Å². The molecule has 16 heavy (non-hydrogen) atoms. The summed E-state index contributed by atoms with van der Waals surface area (Å²) in [5.41, 5.74) is 0. The van der Waals surface area contributed by atoms with Crippen LogP contribution >= 0.6 is 0 Å². The van der Waals surface area contributed by atoms with Gasteiger partial charge in [0, 0.05) is 0 Å².